The number of nitrogens with zero attached hydrogens (tertiary/aromatic N) is 1. The number of thioether (sulfide) groups is 1. The number of carboxylic acids is 1. The van der Waals surface area contributed by atoms with Gasteiger partial charge in [-0.3, -0.25) is 25.4 Å². The fourth-order valence-electron chi connectivity index (χ4n) is 3.66. The normalized spacial score (nSPS) is 10.5. The molecule has 0 aliphatic heterocycles. The average Bonchev–Trinajstić information content (AvgIpc) is 3.04. The number of ether oxygens (including phenoxy) is 1. The van der Waals surface area contributed by atoms with E-state index in [4.69, 9.17) is 25.5 Å². The van der Waals surface area contributed by atoms with Crippen molar-refractivity contribution < 1.29 is 19.4 Å². The number of likely N-dealkylation sites (N-methyl/N-ethyl adjacent to an activating group) is 1. The van der Waals surface area contributed by atoms with Crippen LogP contribution in [0.4, 0.5) is 0 Å². The maximum atomic E-state index is 11.1. The molecule has 43 heavy (non-hydrogen) atoms. The molecule has 4 rings (SSSR count). The van der Waals surface area contributed by atoms with Crippen LogP contribution in [-0.4, -0.2) is 53.7 Å². The summed E-state index contributed by atoms with van der Waals surface area (Å²) in [4.78, 5) is 24.1. The van der Waals surface area contributed by atoms with Gasteiger partial charge in [0.25, 0.3) is 0 Å². The molecule has 0 fully saturated rings. The van der Waals surface area contributed by atoms with Gasteiger partial charge in [0.05, 0.1) is 0 Å². The molecule has 0 aliphatic carbocycles. The van der Waals surface area contributed by atoms with Crippen molar-refractivity contribution in [2.24, 2.45) is 0 Å². The van der Waals surface area contributed by atoms with Crippen LogP contribution >= 0.6 is 11.8 Å². The summed E-state index contributed by atoms with van der Waals surface area (Å²) in [5, 5.41) is 29.8. The number of aliphatic carboxylic acids is 1. The molecule has 1 unspecified atom stereocenters. The summed E-state index contributed by atoms with van der Waals surface area (Å²) in [5.41, 5.74) is 5.15. The van der Waals surface area contributed by atoms with Crippen molar-refractivity contribution in [1.29, 1.82) is 10.8 Å². The first-order chi connectivity index (χ1) is 20.9. The van der Waals surface area contributed by atoms with Crippen molar-refractivity contribution in [2.45, 2.75) is 24.6 Å². The zero-order chi connectivity index (χ0) is 31.3. The highest BCUT2D eigenvalue weighted by atomic mass is 32.2. The highest BCUT2D eigenvalue weighted by Gasteiger charge is 2.15. The summed E-state index contributed by atoms with van der Waals surface area (Å²) >= 11 is 1.16. The fraction of sp³-hybridized carbons (Fsp3) is 0.182. The van der Waals surface area contributed by atoms with Crippen LogP contribution < -0.4 is 10.6 Å². The van der Waals surface area contributed by atoms with E-state index in [0.717, 1.165) is 29.3 Å². The van der Waals surface area contributed by atoms with Crippen LogP contribution in [0.5, 0.6) is 0 Å². The van der Waals surface area contributed by atoms with Crippen molar-refractivity contribution >= 4 is 35.3 Å². The Hall–Kier alpha value is -4.80. The van der Waals surface area contributed by atoms with Gasteiger partial charge in [0.2, 0.25) is 17.5 Å². The predicted molar refractivity (Wildman–Crippen MR) is 173 cm³/mol. The summed E-state index contributed by atoms with van der Waals surface area (Å²) in [5.74, 6) is -0.498. The molecular formula is C33H37N5O4S. The van der Waals surface area contributed by atoms with E-state index in [0.29, 0.717) is 24.1 Å². The minimum absolute atomic E-state index is 0.0733. The standard InChI is InChI=1S/C18H20N4O3S.C13H12.C2H5NO/c1-21-15(17(23)24)10-12-3-2-4-13(9-12)11-26-18(20)25-16(19)14-5-7-22-8-6-14;1-3-7-12(8-4-1)11-13-9-5-2-6-10-13;1-3-2-4/h2-9,15,19-21H,10-11H2,1H3,(H,23,24);1-10H,11H2;2H,1H3,(H,3,4). The lowest BCUT2D eigenvalue weighted by Crippen LogP contribution is -2.35. The molecule has 0 saturated heterocycles. The lowest BCUT2D eigenvalue weighted by Gasteiger charge is -2.12. The van der Waals surface area contributed by atoms with Crippen LogP contribution in [-0.2, 0) is 32.9 Å². The number of nitrogens with one attached hydrogen (secondary N) is 4. The van der Waals surface area contributed by atoms with Gasteiger partial charge in [0.1, 0.15) is 6.04 Å². The fourth-order valence-corrected chi connectivity index (χ4v) is 4.28. The molecule has 0 saturated carbocycles. The largest absolute Gasteiger partial charge is 0.480 e. The Labute approximate surface area is 256 Å². The molecular weight excluding hydrogens is 562 g/mol. The number of benzene rings is 3. The number of carboxylic acid groups (broad SMARTS) is 1. The monoisotopic (exact) mass is 599 g/mol. The summed E-state index contributed by atoms with van der Waals surface area (Å²) in [6.07, 6.45) is 5.16. The number of amides is 1. The van der Waals surface area contributed by atoms with Crippen LogP contribution in [0.25, 0.3) is 0 Å². The Balaban J connectivity index is 0.000000313. The Kier molecular flexibility index (Phi) is 16.1. The van der Waals surface area contributed by atoms with Crippen molar-refractivity contribution in [2.75, 3.05) is 14.1 Å². The van der Waals surface area contributed by atoms with Gasteiger partial charge >= 0.3 is 5.97 Å². The second kappa shape index (κ2) is 20.1. The third-order valence-corrected chi connectivity index (χ3v) is 6.62. The third kappa shape index (κ3) is 14.1. The smallest absolute Gasteiger partial charge is 0.321 e. The first-order valence-electron chi connectivity index (χ1n) is 13.4. The Bertz CT molecular complexity index is 1370. The summed E-state index contributed by atoms with van der Waals surface area (Å²) in [7, 11) is 3.18. The molecule has 0 radical (unpaired) electrons. The van der Waals surface area contributed by atoms with Crippen LogP contribution in [0.15, 0.2) is 109 Å². The molecule has 1 atom stereocenters. The minimum Gasteiger partial charge on any atom is -0.480 e. The van der Waals surface area contributed by atoms with E-state index < -0.39 is 12.0 Å². The molecule has 0 bridgehead atoms. The second-order valence-corrected chi connectivity index (χ2v) is 9.95. The van der Waals surface area contributed by atoms with Crippen molar-refractivity contribution in [3.8, 4) is 0 Å². The van der Waals surface area contributed by atoms with Gasteiger partial charge in [0.15, 0.2) is 0 Å². The van der Waals surface area contributed by atoms with Gasteiger partial charge in [-0.1, -0.05) is 96.7 Å². The molecule has 9 nitrogen and oxygen atoms in total. The topological polar surface area (TPSA) is 148 Å². The number of hydrogen-bond donors (Lipinski definition) is 5. The Morgan fingerprint density at radius 1 is 0.884 bits per heavy atom. The van der Waals surface area contributed by atoms with Crippen LogP contribution in [0, 0.1) is 10.8 Å². The van der Waals surface area contributed by atoms with Crippen LogP contribution in [0.1, 0.15) is 27.8 Å². The molecule has 0 spiro atoms. The summed E-state index contributed by atoms with van der Waals surface area (Å²) in [6.45, 7) is 0. The van der Waals surface area contributed by atoms with E-state index in [1.54, 1.807) is 38.6 Å². The van der Waals surface area contributed by atoms with Gasteiger partial charge in [-0.15, -0.1) is 0 Å². The molecule has 10 heteroatoms. The molecule has 1 amide bonds. The molecule has 224 valence electrons. The lowest BCUT2D eigenvalue weighted by atomic mass is 10.0. The van der Waals surface area contributed by atoms with Gasteiger partial charge in [-0.05, 0) is 54.3 Å². The maximum Gasteiger partial charge on any atom is 0.321 e. The van der Waals surface area contributed by atoms with Gasteiger partial charge in [-0.2, -0.15) is 0 Å². The quantitative estimate of drug-likeness (QED) is 0.0962. The number of carbonyl (C=O) groups excluding carboxylic acids is 1. The molecule has 1 heterocycles. The summed E-state index contributed by atoms with van der Waals surface area (Å²) < 4.78 is 5.22. The number of pyridine rings is 1. The maximum absolute atomic E-state index is 11.1. The molecule has 1 aromatic heterocycles. The zero-order valence-electron chi connectivity index (χ0n) is 24.2. The van der Waals surface area contributed by atoms with Gasteiger partial charge < -0.3 is 20.5 Å². The van der Waals surface area contributed by atoms with E-state index in [2.05, 4.69) is 76.3 Å². The van der Waals surface area contributed by atoms with Crippen molar-refractivity contribution in [1.82, 2.24) is 15.6 Å². The lowest BCUT2D eigenvalue weighted by molar-refractivity contribution is -0.139. The van der Waals surface area contributed by atoms with Gasteiger partial charge in [-0.25, -0.2) is 0 Å². The number of rotatable bonds is 10. The first-order valence-corrected chi connectivity index (χ1v) is 14.4. The average molecular weight is 600 g/mol. The third-order valence-electron chi connectivity index (χ3n) is 5.80. The Morgan fingerprint density at radius 2 is 1.42 bits per heavy atom. The number of carbonyl (C=O) groups is 2. The van der Waals surface area contributed by atoms with Crippen LogP contribution in [0.3, 0.4) is 0 Å². The highest BCUT2D eigenvalue weighted by molar-refractivity contribution is 8.12. The van der Waals surface area contributed by atoms with E-state index in [-0.39, 0.29) is 11.1 Å². The predicted octanol–water partition coefficient (Wildman–Crippen LogP) is 5.15. The van der Waals surface area contributed by atoms with Gasteiger partial charge in [0, 0.05) is 30.8 Å². The highest BCUT2D eigenvalue weighted by Crippen LogP contribution is 2.17. The first kappa shape index (κ1) is 34.4. The molecule has 0 aliphatic rings. The number of hydrogen-bond acceptors (Lipinski definition) is 8. The van der Waals surface area contributed by atoms with E-state index in [1.165, 1.54) is 11.1 Å². The van der Waals surface area contributed by atoms with E-state index >= 15 is 0 Å². The van der Waals surface area contributed by atoms with E-state index in [9.17, 15) is 4.79 Å². The second-order valence-electron chi connectivity index (χ2n) is 9.00. The zero-order valence-corrected chi connectivity index (χ0v) is 25.0. The Morgan fingerprint density at radius 3 is 1.93 bits per heavy atom. The van der Waals surface area contributed by atoms with Crippen LogP contribution in [0.2, 0.25) is 0 Å². The van der Waals surface area contributed by atoms with Crippen molar-refractivity contribution in [3.05, 3.63) is 137 Å². The minimum atomic E-state index is -0.892. The molecule has 3 aromatic carbocycles. The van der Waals surface area contributed by atoms with Crippen molar-refractivity contribution in [3.63, 3.8) is 0 Å². The van der Waals surface area contributed by atoms with E-state index in [1.807, 2.05) is 24.3 Å². The SMILES string of the molecule is CNC(Cc1cccc(CSC(=N)OC(=N)c2ccncc2)c1)C(=O)O.CNC=O.c1ccc(Cc2ccccc2)cc1. The molecule has 5 N–H and O–H groups in total. The number of aromatic nitrogens is 1. The molecule has 4 aromatic rings. The summed E-state index contributed by atoms with van der Waals surface area (Å²) in [6, 6.07) is 31.3.